The summed E-state index contributed by atoms with van der Waals surface area (Å²) in [6.07, 6.45) is 3.18. The molecule has 1 aromatic heterocycles. The monoisotopic (exact) mass is 349 g/mol. The quantitative estimate of drug-likeness (QED) is 0.851. The zero-order valence-electron chi connectivity index (χ0n) is 12.9. The predicted molar refractivity (Wildman–Crippen MR) is 92.3 cm³/mol. The number of amides is 1. The first-order chi connectivity index (χ1) is 10.9. The van der Waals surface area contributed by atoms with Crippen LogP contribution in [-0.2, 0) is 15.6 Å². The topological polar surface area (TPSA) is 54.5 Å². The van der Waals surface area contributed by atoms with Crippen LogP contribution < -0.4 is 0 Å². The minimum atomic E-state index is -3.11. The standard InChI is InChI=1S/C17H19NO3S2/c1-23(20,21)12-13-5-2-6-14(11-13)17(19)18-9-3-7-15(18)16-8-4-10-22-16/h2,4-6,8,10-11,15H,3,7,9,12H2,1H3. The molecular weight excluding hydrogens is 330 g/mol. The van der Waals surface area contributed by atoms with Gasteiger partial charge in [0.2, 0.25) is 0 Å². The second kappa shape index (κ2) is 6.45. The second-order valence-electron chi connectivity index (χ2n) is 5.94. The number of benzene rings is 1. The molecule has 1 fully saturated rings. The van der Waals surface area contributed by atoms with Crippen LogP contribution in [-0.4, -0.2) is 32.0 Å². The van der Waals surface area contributed by atoms with Gasteiger partial charge in [0.25, 0.3) is 5.91 Å². The van der Waals surface area contributed by atoms with Gasteiger partial charge >= 0.3 is 0 Å². The van der Waals surface area contributed by atoms with Crippen molar-refractivity contribution in [1.82, 2.24) is 4.90 Å². The molecule has 1 amide bonds. The molecular formula is C17H19NO3S2. The highest BCUT2D eigenvalue weighted by molar-refractivity contribution is 7.89. The van der Waals surface area contributed by atoms with Crippen molar-refractivity contribution in [2.75, 3.05) is 12.8 Å². The Kier molecular flexibility index (Phi) is 4.55. The Morgan fingerprint density at radius 3 is 2.83 bits per heavy atom. The number of likely N-dealkylation sites (tertiary alicyclic amines) is 1. The van der Waals surface area contributed by atoms with Gasteiger partial charge in [-0.3, -0.25) is 4.79 Å². The van der Waals surface area contributed by atoms with Crippen LogP contribution in [0.15, 0.2) is 41.8 Å². The highest BCUT2D eigenvalue weighted by Crippen LogP contribution is 2.35. The van der Waals surface area contributed by atoms with Crippen molar-refractivity contribution in [2.24, 2.45) is 0 Å². The number of nitrogens with zero attached hydrogens (tertiary/aromatic N) is 1. The normalized spacial score (nSPS) is 18.3. The lowest BCUT2D eigenvalue weighted by atomic mass is 10.1. The van der Waals surface area contributed by atoms with Gasteiger partial charge in [-0.05, 0) is 42.0 Å². The number of hydrogen-bond acceptors (Lipinski definition) is 4. The molecule has 4 nitrogen and oxygen atoms in total. The van der Waals surface area contributed by atoms with Crippen LogP contribution in [0, 0.1) is 0 Å². The van der Waals surface area contributed by atoms with Crippen molar-refractivity contribution in [1.29, 1.82) is 0 Å². The molecule has 1 saturated heterocycles. The molecule has 1 atom stereocenters. The smallest absolute Gasteiger partial charge is 0.254 e. The maximum atomic E-state index is 12.9. The van der Waals surface area contributed by atoms with E-state index in [1.54, 1.807) is 35.6 Å². The van der Waals surface area contributed by atoms with Gasteiger partial charge in [-0.15, -0.1) is 11.3 Å². The average molecular weight is 349 g/mol. The first-order valence-electron chi connectivity index (χ1n) is 7.55. The highest BCUT2D eigenvalue weighted by atomic mass is 32.2. The number of hydrogen-bond donors (Lipinski definition) is 0. The molecule has 23 heavy (non-hydrogen) atoms. The van der Waals surface area contributed by atoms with Gasteiger partial charge in [-0.2, -0.15) is 0 Å². The van der Waals surface area contributed by atoms with E-state index in [0.717, 1.165) is 19.4 Å². The lowest BCUT2D eigenvalue weighted by Gasteiger charge is -2.24. The number of carbonyl (C=O) groups is 1. The van der Waals surface area contributed by atoms with Crippen LogP contribution in [0.3, 0.4) is 0 Å². The van der Waals surface area contributed by atoms with Crippen LogP contribution in [0.25, 0.3) is 0 Å². The van der Waals surface area contributed by atoms with Gasteiger partial charge in [0.1, 0.15) is 0 Å². The molecule has 1 unspecified atom stereocenters. The molecule has 0 bridgehead atoms. The van der Waals surface area contributed by atoms with E-state index in [9.17, 15) is 13.2 Å². The molecule has 1 aromatic carbocycles. The van der Waals surface area contributed by atoms with Crippen molar-refractivity contribution in [3.63, 3.8) is 0 Å². The van der Waals surface area contributed by atoms with Crippen molar-refractivity contribution < 1.29 is 13.2 Å². The summed E-state index contributed by atoms with van der Waals surface area (Å²) in [5.74, 6) is -0.0566. The third-order valence-corrected chi connectivity index (χ3v) is 5.82. The van der Waals surface area contributed by atoms with E-state index in [-0.39, 0.29) is 17.7 Å². The molecule has 0 spiro atoms. The van der Waals surface area contributed by atoms with Crippen molar-refractivity contribution >= 4 is 27.1 Å². The van der Waals surface area contributed by atoms with Crippen LogP contribution >= 0.6 is 11.3 Å². The van der Waals surface area contributed by atoms with Crippen molar-refractivity contribution in [2.45, 2.75) is 24.6 Å². The molecule has 1 aliphatic rings. The molecule has 0 radical (unpaired) electrons. The fourth-order valence-corrected chi connectivity index (χ4v) is 4.71. The number of thiophene rings is 1. The van der Waals surface area contributed by atoms with E-state index in [4.69, 9.17) is 0 Å². The van der Waals surface area contributed by atoms with Crippen LogP contribution in [0.1, 0.15) is 39.7 Å². The van der Waals surface area contributed by atoms with Crippen molar-refractivity contribution in [3.05, 3.63) is 57.8 Å². The lowest BCUT2D eigenvalue weighted by molar-refractivity contribution is 0.0737. The maximum Gasteiger partial charge on any atom is 0.254 e. The van der Waals surface area contributed by atoms with Gasteiger partial charge in [-0.25, -0.2) is 8.42 Å². The SMILES string of the molecule is CS(=O)(=O)Cc1cccc(C(=O)N2CCCC2c2cccs2)c1. The Balaban J connectivity index is 1.84. The summed E-state index contributed by atoms with van der Waals surface area (Å²) >= 11 is 1.67. The van der Waals surface area contributed by atoms with Gasteiger partial charge in [-0.1, -0.05) is 18.2 Å². The Hall–Kier alpha value is -1.66. The van der Waals surface area contributed by atoms with Crippen molar-refractivity contribution in [3.8, 4) is 0 Å². The summed E-state index contributed by atoms with van der Waals surface area (Å²) in [5, 5.41) is 2.03. The Bertz CT molecular complexity index is 797. The van der Waals surface area contributed by atoms with Gasteiger partial charge in [0.15, 0.2) is 9.84 Å². The first-order valence-corrected chi connectivity index (χ1v) is 10.5. The lowest BCUT2D eigenvalue weighted by Crippen LogP contribution is -2.30. The van der Waals surface area contributed by atoms with Crippen LogP contribution in [0.5, 0.6) is 0 Å². The second-order valence-corrected chi connectivity index (χ2v) is 9.06. The minimum absolute atomic E-state index is 0.0174. The fourth-order valence-electron chi connectivity index (χ4n) is 3.05. The molecule has 2 heterocycles. The summed E-state index contributed by atoms with van der Waals surface area (Å²) in [5.41, 5.74) is 1.22. The molecule has 1 aliphatic heterocycles. The van der Waals surface area contributed by atoms with E-state index >= 15 is 0 Å². The predicted octanol–water partition coefficient (Wildman–Crippen LogP) is 3.27. The number of rotatable bonds is 4. The van der Waals surface area contributed by atoms with Crippen LogP contribution in [0.4, 0.5) is 0 Å². The van der Waals surface area contributed by atoms with Crippen LogP contribution in [0.2, 0.25) is 0 Å². The third-order valence-electron chi connectivity index (χ3n) is 3.99. The van der Waals surface area contributed by atoms with Gasteiger partial charge in [0, 0.05) is 23.2 Å². The van der Waals surface area contributed by atoms with E-state index in [1.807, 2.05) is 16.3 Å². The molecule has 6 heteroatoms. The molecule has 0 N–H and O–H groups in total. The highest BCUT2D eigenvalue weighted by Gasteiger charge is 2.31. The Morgan fingerprint density at radius 2 is 2.13 bits per heavy atom. The zero-order valence-corrected chi connectivity index (χ0v) is 14.6. The molecule has 2 aromatic rings. The van der Waals surface area contributed by atoms with E-state index in [0.29, 0.717) is 11.1 Å². The summed E-state index contributed by atoms with van der Waals surface area (Å²) in [6, 6.07) is 11.2. The average Bonchev–Trinajstić information content (AvgIpc) is 3.15. The molecule has 3 rings (SSSR count). The summed E-state index contributed by atoms with van der Waals surface area (Å²) < 4.78 is 22.9. The summed E-state index contributed by atoms with van der Waals surface area (Å²) in [4.78, 5) is 16.0. The summed E-state index contributed by atoms with van der Waals surface area (Å²) in [6.45, 7) is 0.748. The van der Waals surface area contributed by atoms with E-state index in [2.05, 4.69) is 6.07 Å². The minimum Gasteiger partial charge on any atom is -0.331 e. The molecule has 0 aliphatic carbocycles. The fraction of sp³-hybridized carbons (Fsp3) is 0.353. The maximum absolute atomic E-state index is 12.9. The van der Waals surface area contributed by atoms with E-state index < -0.39 is 9.84 Å². The van der Waals surface area contributed by atoms with E-state index in [1.165, 1.54) is 11.1 Å². The Morgan fingerprint density at radius 1 is 1.30 bits per heavy atom. The largest absolute Gasteiger partial charge is 0.331 e. The zero-order chi connectivity index (χ0) is 16.4. The Labute approximate surface area is 140 Å². The van der Waals surface area contributed by atoms with Gasteiger partial charge in [0.05, 0.1) is 11.8 Å². The molecule has 0 saturated carbocycles. The number of carbonyl (C=O) groups excluding carboxylic acids is 1. The molecule has 122 valence electrons. The first kappa shape index (κ1) is 16.2. The number of sulfone groups is 1. The third kappa shape index (κ3) is 3.82. The van der Waals surface area contributed by atoms with Gasteiger partial charge < -0.3 is 4.90 Å². The summed E-state index contributed by atoms with van der Waals surface area (Å²) in [7, 11) is -3.11.